The highest BCUT2D eigenvalue weighted by Gasteiger charge is 2.31. The van der Waals surface area contributed by atoms with Gasteiger partial charge in [-0.25, -0.2) is 4.98 Å². The molecule has 0 aliphatic rings. The van der Waals surface area contributed by atoms with Crippen molar-refractivity contribution in [2.75, 3.05) is 18.3 Å². The summed E-state index contributed by atoms with van der Waals surface area (Å²) in [5.41, 5.74) is 1.66. The van der Waals surface area contributed by atoms with Gasteiger partial charge in [-0.2, -0.15) is 0 Å². The Bertz CT molecular complexity index is 1180. The summed E-state index contributed by atoms with van der Waals surface area (Å²) in [7, 11) is 1.55. The molecule has 0 radical (unpaired) electrons. The van der Waals surface area contributed by atoms with Gasteiger partial charge in [0.2, 0.25) is 0 Å². The standard InChI is InChI=1S/C27H36ClN3O3/c1-25(2,3)16-27(6,7)30-23-22(29-21-11-9-10-14-31(21)23)18-12-13-19(20(15-18)33-8)34-24(32)26(4,5)17-28/h9-15,30H,16-17H2,1-8H3. The SMILES string of the molecule is COc1cc(-c2nc3ccccn3c2NC(C)(C)CC(C)(C)C)ccc1OC(=O)C(C)(C)CCl. The molecule has 2 aromatic heterocycles. The van der Waals surface area contributed by atoms with Crippen LogP contribution in [0.15, 0.2) is 42.6 Å². The van der Waals surface area contributed by atoms with Crippen molar-refractivity contribution in [1.82, 2.24) is 9.38 Å². The van der Waals surface area contributed by atoms with Gasteiger partial charge in [-0.05, 0) is 69.9 Å². The lowest BCUT2D eigenvalue weighted by molar-refractivity contribution is -0.142. The number of pyridine rings is 1. The first-order valence-corrected chi connectivity index (χ1v) is 12.0. The first kappa shape index (κ1) is 25.9. The first-order valence-electron chi connectivity index (χ1n) is 11.5. The second-order valence-electron chi connectivity index (χ2n) is 11.3. The molecule has 3 aromatic rings. The minimum Gasteiger partial charge on any atom is -0.493 e. The molecule has 2 heterocycles. The summed E-state index contributed by atoms with van der Waals surface area (Å²) in [6.07, 6.45) is 2.97. The summed E-state index contributed by atoms with van der Waals surface area (Å²) in [6, 6.07) is 11.4. The Morgan fingerprint density at radius 3 is 2.38 bits per heavy atom. The number of carbonyl (C=O) groups excluding carboxylic acids is 1. The number of esters is 1. The van der Waals surface area contributed by atoms with Gasteiger partial charge in [0.1, 0.15) is 17.2 Å². The molecule has 6 nitrogen and oxygen atoms in total. The normalized spacial score (nSPS) is 12.6. The molecule has 34 heavy (non-hydrogen) atoms. The van der Waals surface area contributed by atoms with E-state index in [2.05, 4.69) is 44.3 Å². The molecule has 3 rings (SSSR count). The van der Waals surface area contributed by atoms with Crippen LogP contribution in [0.25, 0.3) is 16.9 Å². The van der Waals surface area contributed by atoms with Gasteiger partial charge in [0.15, 0.2) is 11.5 Å². The van der Waals surface area contributed by atoms with E-state index in [-0.39, 0.29) is 16.8 Å². The van der Waals surface area contributed by atoms with E-state index < -0.39 is 11.4 Å². The molecule has 0 saturated carbocycles. The average molecular weight is 486 g/mol. The van der Waals surface area contributed by atoms with E-state index in [9.17, 15) is 4.79 Å². The van der Waals surface area contributed by atoms with E-state index >= 15 is 0 Å². The number of fused-ring (bicyclic) bond motifs is 1. The van der Waals surface area contributed by atoms with Gasteiger partial charge in [-0.3, -0.25) is 9.20 Å². The Labute approximate surface area is 207 Å². The van der Waals surface area contributed by atoms with Crippen molar-refractivity contribution in [2.45, 2.75) is 60.4 Å². The fourth-order valence-corrected chi connectivity index (χ4v) is 4.31. The summed E-state index contributed by atoms with van der Waals surface area (Å²) < 4.78 is 13.2. The number of benzene rings is 1. The van der Waals surface area contributed by atoms with Crippen LogP contribution >= 0.6 is 11.6 Å². The number of nitrogens with one attached hydrogen (secondary N) is 1. The highest BCUT2D eigenvalue weighted by atomic mass is 35.5. The molecule has 0 saturated heterocycles. The monoisotopic (exact) mass is 485 g/mol. The molecule has 0 fully saturated rings. The molecular weight excluding hydrogens is 450 g/mol. The molecule has 0 unspecified atom stereocenters. The van der Waals surface area contributed by atoms with Crippen LogP contribution in [-0.2, 0) is 4.79 Å². The molecule has 0 spiro atoms. The van der Waals surface area contributed by atoms with Crippen LogP contribution in [0.2, 0.25) is 0 Å². The van der Waals surface area contributed by atoms with E-state index in [4.69, 9.17) is 26.1 Å². The molecule has 0 atom stereocenters. The topological polar surface area (TPSA) is 64.9 Å². The summed E-state index contributed by atoms with van der Waals surface area (Å²) >= 11 is 5.93. The molecular formula is C27H36ClN3O3. The van der Waals surface area contributed by atoms with E-state index in [0.717, 1.165) is 29.1 Å². The Balaban J connectivity index is 2.05. The zero-order valence-corrected chi connectivity index (χ0v) is 22.2. The number of alkyl halides is 1. The number of imidazole rings is 1. The summed E-state index contributed by atoms with van der Waals surface area (Å²) in [4.78, 5) is 17.4. The Morgan fingerprint density at radius 2 is 1.76 bits per heavy atom. The second-order valence-corrected chi connectivity index (χ2v) is 11.5. The summed E-state index contributed by atoms with van der Waals surface area (Å²) in [5.74, 6) is 1.45. The molecule has 0 aliphatic carbocycles. The van der Waals surface area contributed by atoms with Gasteiger partial charge in [0.05, 0.1) is 12.5 Å². The zero-order valence-electron chi connectivity index (χ0n) is 21.5. The van der Waals surface area contributed by atoms with E-state index in [1.54, 1.807) is 27.0 Å². The highest BCUT2D eigenvalue weighted by Crippen LogP contribution is 2.38. The van der Waals surface area contributed by atoms with Gasteiger partial charge in [0, 0.05) is 23.2 Å². The fourth-order valence-electron chi connectivity index (χ4n) is 4.20. The van der Waals surface area contributed by atoms with Crippen LogP contribution in [0.3, 0.4) is 0 Å². The average Bonchev–Trinajstić information content (AvgIpc) is 3.10. The lowest BCUT2D eigenvalue weighted by atomic mass is 9.82. The maximum absolute atomic E-state index is 12.5. The van der Waals surface area contributed by atoms with Crippen LogP contribution in [-0.4, -0.2) is 33.9 Å². The number of aromatic nitrogens is 2. The van der Waals surface area contributed by atoms with Crippen LogP contribution in [0.5, 0.6) is 11.5 Å². The number of ether oxygens (including phenoxy) is 2. The Morgan fingerprint density at radius 1 is 1.06 bits per heavy atom. The Kier molecular flexibility index (Phi) is 7.23. The number of methoxy groups -OCH3 is 1. The van der Waals surface area contributed by atoms with Crippen molar-refractivity contribution in [1.29, 1.82) is 0 Å². The number of hydrogen-bond donors (Lipinski definition) is 1. The van der Waals surface area contributed by atoms with Gasteiger partial charge in [0.25, 0.3) is 0 Å². The zero-order chi connectivity index (χ0) is 25.3. The number of halogens is 1. The van der Waals surface area contributed by atoms with Crippen molar-refractivity contribution in [3.8, 4) is 22.8 Å². The predicted octanol–water partition coefficient (Wildman–Crippen LogP) is 6.81. The number of anilines is 1. The third kappa shape index (κ3) is 5.84. The first-order chi connectivity index (χ1) is 15.8. The van der Waals surface area contributed by atoms with Crippen LogP contribution < -0.4 is 14.8 Å². The lowest BCUT2D eigenvalue weighted by Gasteiger charge is -2.34. The van der Waals surface area contributed by atoms with Gasteiger partial charge >= 0.3 is 5.97 Å². The maximum Gasteiger partial charge on any atom is 0.318 e. The van der Waals surface area contributed by atoms with Crippen molar-refractivity contribution in [3.63, 3.8) is 0 Å². The van der Waals surface area contributed by atoms with E-state index in [0.29, 0.717) is 11.5 Å². The fraction of sp³-hybridized carbons (Fsp3) is 0.481. The molecule has 0 amide bonds. The van der Waals surface area contributed by atoms with Crippen molar-refractivity contribution < 1.29 is 14.3 Å². The van der Waals surface area contributed by atoms with Gasteiger partial charge in [-0.15, -0.1) is 11.6 Å². The predicted molar refractivity (Wildman–Crippen MR) is 139 cm³/mol. The van der Waals surface area contributed by atoms with Crippen LogP contribution in [0.1, 0.15) is 54.9 Å². The smallest absolute Gasteiger partial charge is 0.318 e. The molecule has 7 heteroatoms. The molecule has 184 valence electrons. The largest absolute Gasteiger partial charge is 0.493 e. The number of hydrogen-bond acceptors (Lipinski definition) is 5. The second kappa shape index (κ2) is 9.49. The molecule has 1 aromatic carbocycles. The number of rotatable bonds is 8. The quantitative estimate of drug-likeness (QED) is 0.216. The van der Waals surface area contributed by atoms with E-state index in [1.807, 2.05) is 36.5 Å². The summed E-state index contributed by atoms with van der Waals surface area (Å²) in [5, 5.41) is 3.74. The van der Waals surface area contributed by atoms with Crippen LogP contribution in [0, 0.1) is 10.8 Å². The molecule has 1 N–H and O–H groups in total. The molecule has 0 bridgehead atoms. The number of nitrogens with zero attached hydrogens (tertiary/aromatic N) is 2. The van der Waals surface area contributed by atoms with Crippen LogP contribution in [0.4, 0.5) is 5.82 Å². The van der Waals surface area contributed by atoms with Crippen molar-refractivity contribution in [2.24, 2.45) is 10.8 Å². The van der Waals surface area contributed by atoms with Crippen molar-refractivity contribution in [3.05, 3.63) is 42.6 Å². The van der Waals surface area contributed by atoms with E-state index in [1.165, 1.54) is 0 Å². The maximum atomic E-state index is 12.5. The summed E-state index contributed by atoms with van der Waals surface area (Å²) in [6.45, 7) is 14.6. The van der Waals surface area contributed by atoms with Gasteiger partial charge in [-0.1, -0.05) is 26.8 Å². The number of carbonyl (C=O) groups is 1. The molecule has 0 aliphatic heterocycles. The highest BCUT2D eigenvalue weighted by molar-refractivity contribution is 6.19. The third-order valence-corrected chi connectivity index (χ3v) is 6.15. The third-order valence-electron chi connectivity index (χ3n) is 5.49. The Hall–Kier alpha value is -2.73. The lowest BCUT2D eigenvalue weighted by Crippen LogP contribution is -2.36. The minimum atomic E-state index is -0.803. The van der Waals surface area contributed by atoms with Crippen molar-refractivity contribution >= 4 is 29.0 Å². The van der Waals surface area contributed by atoms with Gasteiger partial charge < -0.3 is 14.8 Å². The minimum absolute atomic E-state index is 0.155.